The Hall–Kier alpha value is -3.54. The summed E-state index contributed by atoms with van der Waals surface area (Å²) in [4.78, 5) is 23.6. The van der Waals surface area contributed by atoms with Crippen molar-refractivity contribution < 1.29 is 27.6 Å². The maximum absolute atomic E-state index is 13.1. The van der Waals surface area contributed by atoms with E-state index in [4.69, 9.17) is 4.52 Å². The first-order chi connectivity index (χ1) is 13.4. The molecule has 142 valence electrons. The van der Waals surface area contributed by atoms with E-state index >= 15 is 0 Å². The molecule has 0 fully saturated rings. The largest absolute Gasteiger partial charge is 0.586 e. The fourth-order valence-corrected chi connectivity index (χ4v) is 3.40. The lowest BCUT2D eigenvalue weighted by molar-refractivity contribution is -0.286. The Morgan fingerprint density at radius 3 is 2.75 bits per heavy atom. The highest BCUT2D eigenvalue weighted by molar-refractivity contribution is 7.13. The van der Waals surface area contributed by atoms with Crippen LogP contribution < -0.4 is 14.8 Å². The highest BCUT2D eigenvalue weighted by Gasteiger charge is 2.43. The van der Waals surface area contributed by atoms with E-state index in [0.29, 0.717) is 27.5 Å². The van der Waals surface area contributed by atoms with Crippen LogP contribution in [0.1, 0.15) is 16.2 Å². The summed E-state index contributed by atoms with van der Waals surface area (Å²) in [6.07, 6.45) is -3.71. The molecule has 2 N–H and O–H groups in total. The Balaban J connectivity index is 1.37. The topological polar surface area (TPSA) is 115 Å². The van der Waals surface area contributed by atoms with Gasteiger partial charge in [-0.25, -0.2) is 9.97 Å². The molecule has 4 aromatic rings. The van der Waals surface area contributed by atoms with Gasteiger partial charge in [-0.1, -0.05) is 5.16 Å². The highest BCUT2D eigenvalue weighted by atomic mass is 32.1. The van der Waals surface area contributed by atoms with E-state index in [9.17, 15) is 13.6 Å². The number of aromatic nitrogens is 4. The van der Waals surface area contributed by atoms with E-state index < -0.39 is 12.2 Å². The predicted molar refractivity (Wildman–Crippen MR) is 92.6 cm³/mol. The van der Waals surface area contributed by atoms with Crippen LogP contribution in [0.4, 0.5) is 14.7 Å². The molecule has 5 rings (SSSR count). The third-order valence-electron chi connectivity index (χ3n) is 3.82. The van der Waals surface area contributed by atoms with E-state index in [2.05, 4.69) is 34.9 Å². The SMILES string of the molecule is Cc1cc(-c2nc(C(=O)Nc3nc4cc5c(cc4[nH]3)OC(F)(F)O5)cs2)no1. The van der Waals surface area contributed by atoms with E-state index in [0.717, 1.165) is 0 Å². The van der Waals surface area contributed by atoms with Crippen molar-refractivity contribution in [2.24, 2.45) is 0 Å². The molecule has 0 saturated heterocycles. The summed E-state index contributed by atoms with van der Waals surface area (Å²) in [6.45, 7) is 1.76. The summed E-state index contributed by atoms with van der Waals surface area (Å²) in [7, 11) is 0. The van der Waals surface area contributed by atoms with Gasteiger partial charge in [0, 0.05) is 23.6 Å². The van der Waals surface area contributed by atoms with Gasteiger partial charge in [-0.15, -0.1) is 20.1 Å². The number of hydrogen-bond acceptors (Lipinski definition) is 8. The number of carbonyl (C=O) groups excluding carboxylic acids is 1. The van der Waals surface area contributed by atoms with E-state index in [1.54, 1.807) is 18.4 Å². The van der Waals surface area contributed by atoms with Gasteiger partial charge >= 0.3 is 6.29 Å². The van der Waals surface area contributed by atoms with Crippen LogP contribution in [-0.2, 0) is 0 Å². The van der Waals surface area contributed by atoms with Crippen LogP contribution in [0.3, 0.4) is 0 Å². The number of anilines is 1. The quantitative estimate of drug-likeness (QED) is 0.535. The molecule has 12 heteroatoms. The first-order valence-electron chi connectivity index (χ1n) is 7.86. The molecule has 9 nitrogen and oxygen atoms in total. The zero-order chi connectivity index (χ0) is 19.5. The average Bonchev–Trinajstić information content (AvgIpc) is 3.36. The number of halogens is 2. The molecule has 4 heterocycles. The zero-order valence-corrected chi connectivity index (χ0v) is 14.8. The Morgan fingerprint density at radius 2 is 2.00 bits per heavy atom. The standard InChI is InChI=1S/C16H9F2N5O4S/c1-6-2-9(23-27-6)14-19-10(5-28-14)13(24)22-15-20-7-3-11-12(4-8(7)21-15)26-16(17,18)25-11/h2-5H,1H3,(H2,20,21,22,24). The number of thiazole rings is 1. The minimum Gasteiger partial charge on any atom is -0.395 e. The third-order valence-corrected chi connectivity index (χ3v) is 4.69. The number of amides is 1. The van der Waals surface area contributed by atoms with Crippen molar-refractivity contribution in [1.82, 2.24) is 20.1 Å². The van der Waals surface area contributed by atoms with Gasteiger partial charge in [0.15, 0.2) is 11.5 Å². The van der Waals surface area contributed by atoms with Crippen molar-refractivity contribution in [2.45, 2.75) is 13.2 Å². The van der Waals surface area contributed by atoms with Gasteiger partial charge in [-0.05, 0) is 6.92 Å². The normalized spacial score (nSPS) is 14.5. The third kappa shape index (κ3) is 2.83. The number of aromatic amines is 1. The zero-order valence-electron chi connectivity index (χ0n) is 13.9. The number of nitrogens with zero attached hydrogens (tertiary/aromatic N) is 3. The lowest BCUT2D eigenvalue weighted by Crippen LogP contribution is -2.25. The maximum atomic E-state index is 13.1. The van der Waals surface area contributed by atoms with Gasteiger partial charge in [0.1, 0.15) is 22.2 Å². The van der Waals surface area contributed by atoms with Gasteiger partial charge in [-0.2, -0.15) is 0 Å². The molecular weight excluding hydrogens is 396 g/mol. The second-order valence-electron chi connectivity index (χ2n) is 5.88. The van der Waals surface area contributed by atoms with Gasteiger partial charge < -0.3 is 19.0 Å². The average molecular weight is 405 g/mol. The molecule has 0 atom stereocenters. The predicted octanol–water partition coefficient (Wildman–Crippen LogP) is 3.56. The first-order valence-corrected chi connectivity index (χ1v) is 8.74. The first kappa shape index (κ1) is 16.6. The van der Waals surface area contributed by atoms with Crippen LogP contribution in [0.25, 0.3) is 21.7 Å². The second-order valence-corrected chi connectivity index (χ2v) is 6.74. The highest BCUT2D eigenvalue weighted by Crippen LogP contribution is 2.42. The summed E-state index contributed by atoms with van der Waals surface area (Å²) in [6, 6.07) is 4.33. The van der Waals surface area contributed by atoms with Crippen LogP contribution in [0.2, 0.25) is 0 Å². The molecule has 1 aliphatic rings. The van der Waals surface area contributed by atoms with Crippen molar-refractivity contribution in [1.29, 1.82) is 0 Å². The minimum absolute atomic E-state index is 0.119. The lowest BCUT2D eigenvalue weighted by Gasteiger charge is -2.04. The summed E-state index contributed by atoms with van der Waals surface area (Å²) in [5.41, 5.74) is 1.44. The van der Waals surface area contributed by atoms with E-state index in [1.807, 2.05) is 0 Å². The van der Waals surface area contributed by atoms with E-state index in [1.165, 1.54) is 23.5 Å². The van der Waals surface area contributed by atoms with Crippen LogP contribution in [-0.4, -0.2) is 32.3 Å². The molecular formula is C16H9F2N5O4S. The van der Waals surface area contributed by atoms with Crippen molar-refractivity contribution in [3.8, 4) is 22.2 Å². The van der Waals surface area contributed by atoms with Crippen LogP contribution >= 0.6 is 11.3 Å². The van der Waals surface area contributed by atoms with Gasteiger partial charge in [0.2, 0.25) is 5.95 Å². The number of aryl methyl sites for hydroxylation is 1. The molecule has 0 unspecified atom stereocenters. The summed E-state index contributed by atoms with van der Waals surface area (Å²) in [5.74, 6) is 0.0201. The Bertz CT molecular complexity index is 1190. The monoisotopic (exact) mass is 405 g/mol. The van der Waals surface area contributed by atoms with Gasteiger partial charge in [-0.3, -0.25) is 10.1 Å². The lowest BCUT2D eigenvalue weighted by atomic mass is 10.3. The Labute approximate surface area is 158 Å². The van der Waals surface area contributed by atoms with Crippen molar-refractivity contribution in [2.75, 3.05) is 5.32 Å². The molecule has 3 aromatic heterocycles. The van der Waals surface area contributed by atoms with Gasteiger partial charge in [0.05, 0.1) is 11.0 Å². The molecule has 0 aliphatic carbocycles. The molecule has 0 spiro atoms. The number of imidazole rings is 1. The fourth-order valence-electron chi connectivity index (χ4n) is 2.65. The Morgan fingerprint density at radius 1 is 1.21 bits per heavy atom. The number of H-pyrrole nitrogens is 1. The molecule has 0 radical (unpaired) electrons. The van der Waals surface area contributed by atoms with Crippen LogP contribution in [0, 0.1) is 6.92 Å². The number of fused-ring (bicyclic) bond motifs is 2. The van der Waals surface area contributed by atoms with Crippen LogP contribution in [0.15, 0.2) is 28.1 Å². The molecule has 1 aliphatic heterocycles. The smallest absolute Gasteiger partial charge is 0.395 e. The number of alkyl halides is 2. The van der Waals surface area contributed by atoms with E-state index in [-0.39, 0.29) is 23.1 Å². The number of carbonyl (C=O) groups is 1. The minimum atomic E-state index is -3.71. The summed E-state index contributed by atoms with van der Waals surface area (Å²) < 4.78 is 40.0. The molecule has 1 aromatic carbocycles. The molecule has 1 amide bonds. The molecule has 0 bridgehead atoms. The maximum Gasteiger partial charge on any atom is 0.586 e. The van der Waals surface area contributed by atoms with Crippen molar-refractivity contribution in [3.63, 3.8) is 0 Å². The summed E-state index contributed by atoms with van der Waals surface area (Å²) in [5, 5.41) is 8.55. The molecule has 28 heavy (non-hydrogen) atoms. The number of hydrogen-bond donors (Lipinski definition) is 2. The van der Waals surface area contributed by atoms with Gasteiger partial charge in [0.25, 0.3) is 5.91 Å². The van der Waals surface area contributed by atoms with Crippen LogP contribution in [0.5, 0.6) is 11.5 Å². The number of benzene rings is 1. The Kier molecular flexibility index (Phi) is 3.40. The number of ether oxygens (including phenoxy) is 2. The second kappa shape index (κ2) is 5.73. The fraction of sp³-hybridized carbons (Fsp3) is 0.125. The van der Waals surface area contributed by atoms with Crippen molar-refractivity contribution in [3.05, 3.63) is 35.0 Å². The number of rotatable bonds is 3. The van der Waals surface area contributed by atoms with Crippen molar-refractivity contribution >= 4 is 34.2 Å². The number of nitrogens with one attached hydrogen (secondary N) is 2. The molecule has 0 saturated carbocycles. The summed E-state index contributed by atoms with van der Waals surface area (Å²) >= 11 is 1.25.